The molecule has 0 heterocycles. The van der Waals surface area contributed by atoms with Gasteiger partial charge in [-0.25, -0.2) is 0 Å². The van der Waals surface area contributed by atoms with Gasteiger partial charge >= 0.3 is 0 Å². The smallest absolute Gasteiger partial charge is 0.124 e. The van der Waals surface area contributed by atoms with Crippen molar-refractivity contribution in [3.05, 3.63) is 28.8 Å². The van der Waals surface area contributed by atoms with Crippen LogP contribution in [0.25, 0.3) is 0 Å². The van der Waals surface area contributed by atoms with E-state index in [1.165, 1.54) is 5.56 Å². The molecule has 0 aliphatic rings. The van der Waals surface area contributed by atoms with E-state index in [4.69, 9.17) is 4.74 Å². The molecule has 0 fully saturated rings. The van der Waals surface area contributed by atoms with Crippen LogP contribution in [0.3, 0.4) is 0 Å². The van der Waals surface area contributed by atoms with Gasteiger partial charge in [-0.3, -0.25) is 0 Å². The lowest BCUT2D eigenvalue weighted by atomic mass is 10.0. The van der Waals surface area contributed by atoms with E-state index in [-0.39, 0.29) is 0 Å². The first kappa shape index (κ1) is 11.1. The third-order valence-electron chi connectivity index (χ3n) is 2.25. The fourth-order valence-corrected chi connectivity index (χ4v) is 1.53. The Labute approximate surface area is 85.5 Å². The summed E-state index contributed by atoms with van der Waals surface area (Å²) in [5.41, 5.74) is 3.07. The predicted molar refractivity (Wildman–Crippen MR) is 57.6 cm³/mol. The highest BCUT2D eigenvalue weighted by Gasteiger charge is 2.06. The van der Waals surface area contributed by atoms with Crippen molar-refractivity contribution in [1.82, 2.24) is 0 Å². The number of aromatic hydroxyl groups is 1. The van der Waals surface area contributed by atoms with Gasteiger partial charge in [0, 0.05) is 12.2 Å². The SMILES string of the molecule is CCOCc1cc(C)cc(CC)c1O. The van der Waals surface area contributed by atoms with E-state index >= 15 is 0 Å². The molecule has 0 aromatic heterocycles. The van der Waals surface area contributed by atoms with Crippen molar-refractivity contribution in [3.8, 4) is 5.75 Å². The van der Waals surface area contributed by atoms with Crippen LogP contribution in [0.1, 0.15) is 30.5 Å². The maximum Gasteiger partial charge on any atom is 0.124 e. The quantitative estimate of drug-likeness (QED) is 0.798. The molecule has 2 heteroatoms. The average molecular weight is 194 g/mol. The molecule has 78 valence electrons. The highest BCUT2D eigenvalue weighted by atomic mass is 16.5. The number of phenols is 1. The molecule has 2 nitrogen and oxygen atoms in total. The van der Waals surface area contributed by atoms with Crippen molar-refractivity contribution in [3.63, 3.8) is 0 Å². The van der Waals surface area contributed by atoms with Crippen molar-refractivity contribution in [2.45, 2.75) is 33.8 Å². The van der Waals surface area contributed by atoms with Gasteiger partial charge in [-0.05, 0) is 25.8 Å². The molecule has 14 heavy (non-hydrogen) atoms. The van der Waals surface area contributed by atoms with E-state index in [2.05, 4.69) is 0 Å². The first-order chi connectivity index (χ1) is 6.69. The first-order valence-corrected chi connectivity index (χ1v) is 5.08. The summed E-state index contributed by atoms with van der Waals surface area (Å²) in [6, 6.07) is 3.99. The summed E-state index contributed by atoms with van der Waals surface area (Å²) in [6.07, 6.45) is 0.854. The lowest BCUT2D eigenvalue weighted by Gasteiger charge is -2.10. The fraction of sp³-hybridized carbons (Fsp3) is 0.500. The Morgan fingerprint density at radius 1 is 1.21 bits per heavy atom. The highest BCUT2D eigenvalue weighted by molar-refractivity contribution is 5.43. The molecule has 0 saturated heterocycles. The van der Waals surface area contributed by atoms with Crippen LogP contribution in [0.5, 0.6) is 5.75 Å². The lowest BCUT2D eigenvalue weighted by molar-refractivity contribution is 0.132. The van der Waals surface area contributed by atoms with Gasteiger partial charge in [0.2, 0.25) is 0 Å². The molecule has 0 unspecified atom stereocenters. The van der Waals surface area contributed by atoms with Crippen LogP contribution < -0.4 is 0 Å². The summed E-state index contributed by atoms with van der Waals surface area (Å²) >= 11 is 0. The summed E-state index contributed by atoms with van der Waals surface area (Å²) in [6.45, 7) is 7.20. The second-order valence-corrected chi connectivity index (χ2v) is 3.42. The van der Waals surface area contributed by atoms with Gasteiger partial charge in [-0.15, -0.1) is 0 Å². The molecule has 0 atom stereocenters. The molecular formula is C12H18O2. The van der Waals surface area contributed by atoms with E-state index in [1.54, 1.807) is 0 Å². The molecule has 0 aliphatic carbocycles. The van der Waals surface area contributed by atoms with Crippen molar-refractivity contribution >= 4 is 0 Å². The molecule has 0 aliphatic heterocycles. The third kappa shape index (κ3) is 2.48. The number of benzene rings is 1. The fourth-order valence-electron chi connectivity index (χ4n) is 1.53. The Bertz CT molecular complexity index is 305. The van der Waals surface area contributed by atoms with Gasteiger partial charge in [0.1, 0.15) is 5.75 Å². The average Bonchev–Trinajstić information content (AvgIpc) is 2.18. The zero-order valence-corrected chi connectivity index (χ0v) is 9.13. The van der Waals surface area contributed by atoms with Crippen LogP contribution in [-0.4, -0.2) is 11.7 Å². The van der Waals surface area contributed by atoms with Gasteiger partial charge in [-0.1, -0.05) is 24.6 Å². The van der Waals surface area contributed by atoms with Gasteiger partial charge < -0.3 is 9.84 Å². The van der Waals surface area contributed by atoms with Crippen LogP contribution in [-0.2, 0) is 17.8 Å². The van der Waals surface area contributed by atoms with Crippen LogP contribution in [0.2, 0.25) is 0 Å². The van der Waals surface area contributed by atoms with Crippen molar-refractivity contribution < 1.29 is 9.84 Å². The Morgan fingerprint density at radius 3 is 2.43 bits per heavy atom. The maximum atomic E-state index is 9.86. The Morgan fingerprint density at radius 2 is 1.86 bits per heavy atom. The predicted octanol–water partition coefficient (Wildman–Crippen LogP) is 2.80. The van der Waals surface area contributed by atoms with Crippen LogP contribution >= 0.6 is 0 Å². The van der Waals surface area contributed by atoms with Crippen LogP contribution in [0.15, 0.2) is 12.1 Å². The molecule has 1 aromatic carbocycles. The monoisotopic (exact) mass is 194 g/mol. The lowest BCUT2D eigenvalue weighted by Crippen LogP contribution is -1.96. The zero-order chi connectivity index (χ0) is 10.6. The van der Waals surface area contributed by atoms with Gasteiger partial charge in [0.25, 0.3) is 0 Å². The maximum absolute atomic E-state index is 9.86. The molecule has 1 rings (SSSR count). The molecule has 1 aromatic rings. The standard InChI is InChI=1S/C12H18O2/c1-4-10-6-9(3)7-11(12(10)13)8-14-5-2/h6-7,13H,4-5,8H2,1-3H3. The Hall–Kier alpha value is -1.02. The second-order valence-electron chi connectivity index (χ2n) is 3.42. The molecule has 1 N–H and O–H groups in total. The molecular weight excluding hydrogens is 176 g/mol. The number of phenolic OH excluding ortho intramolecular Hbond substituents is 1. The summed E-state index contributed by atoms with van der Waals surface area (Å²) in [4.78, 5) is 0. The van der Waals surface area contributed by atoms with Crippen molar-refractivity contribution in [2.24, 2.45) is 0 Å². The van der Waals surface area contributed by atoms with E-state index < -0.39 is 0 Å². The number of hydrogen-bond donors (Lipinski definition) is 1. The topological polar surface area (TPSA) is 29.5 Å². The van der Waals surface area contributed by atoms with Gasteiger partial charge in [0.05, 0.1) is 6.61 Å². The van der Waals surface area contributed by atoms with Crippen LogP contribution in [0.4, 0.5) is 0 Å². The van der Waals surface area contributed by atoms with Gasteiger partial charge in [-0.2, -0.15) is 0 Å². The number of aryl methyl sites for hydroxylation is 2. The third-order valence-corrected chi connectivity index (χ3v) is 2.25. The van der Waals surface area contributed by atoms with Crippen molar-refractivity contribution in [2.75, 3.05) is 6.61 Å². The van der Waals surface area contributed by atoms with Crippen molar-refractivity contribution in [1.29, 1.82) is 0 Å². The molecule has 0 radical (unpaired) electrons. The van der Waals surface area contributed by atoms with E-state index in [9.17, 15) is 5.11 Å². The number of ether oxygens (including phenoxy) is 1. The zero-order valence-electron chi connectivity index (χ0n) is 9.13. The minimum atomic E-state index is 0.395. The normalized spacial score (nSPS) is 10.5. The summed E-state index contributed by atoms with van der Waals surface area (Å²) in [5.74, 6) is 0.395. The van der Waals surface area contributed by atoms with Crippen LogP contribution in [0, 0.1) is 6.92 Å². The second kappa shape index (κ2) is 5.01. The molecule has 0 saturated carbocycles. The highest BCUT2D eigenvalue weighted by Crippen LogP contribution is 2.25. The molecule has 0 amide bonds. The largest absolute Gasteiger partial charge is 0.507 e. The minimum absolute atomic E-state index is 0.395. The van der Waals surface area contributed by atoms with E-state index in [0.717, 1.165) is 17.5 Å². The number of hydrogen-bond acceptors (Lipinski definition) is 2. The van der Waals surface area contributed by atoms with Gasteiger partial charge in [0.15, 0.2) is 0 Å². The minimum Gasteiger partial charge on any atom is -0.507 e. The molecule has 0 spiro atoms. The Balaban J connectivity index is 2.96. The van der Waals surface area contributed by atoms with E-state index in [1.807, 2.05) is 32.9 Å². The first-order valence-electron chi connectivity index (χ1n) is 5.08. The molecule has 0 bridgehead atoms. The summed E-state index contributed by atoms with van der Waals surface area (Å²) in [5, 5.41) is 9.86. The Kier molecular flexibility index (Phi) is 3.96. The summed E-state index contributed by atoms with van der Waals surface area (Å²) in [7, 11) is 0. The number of rotatable bonds is 4. The van der Waals surface area contributed by atoms with E-state index in [0.29, 0.717) is 19.0 Å². The summed E-state index contributed by atoms with van der Waals surface area (Å²) < 4.78 is 5.29.